The third-order valence-corrected chi connectivity index (χ3v) is 4.55. The Balaban J connectivity index is 1.46. The van der Waals surface area contributed by atoms with Crippen LogP contribution in [0.5, 0.6) is 0 Å². The van der Waals surface area contributed by atoms with Crippen LogP contribution in [0.15, 0.2) is 11.7 Å². The first-order valence-corrected chi connectivity index (χ1v) is 7.85. The predicted molar refractivity (Wildman–Crippen MR) is 75.3 cm³/mol. The first-order valence-electron chi connectivity index (χ1n) is 6.43. The zero-order valence-electron chi connectivity index (χ0n) is 10.6. The van der Waals surface area contributed by atoms with Crippen LogP contribution in [0, 0.1) is 0 Å². The summed E-state index contributed by atoms with van der Waals surface area (Å²) in [6.07, 6.45) is 3.98. The van der Waals surface area contributed by atoms with Gasteiger partial charge in [0.25, 0.3) is 0 Å². The molecular formula is C12H16ClN5S. The van der Waals surface area contributed by atoms with Crippen molar-refractivity contribution in [3.8, 4) is 0 Å². The molecule has 5 nitrogen and oxygen atoms in total. The van der Waals surface area contributed by atoms with Gasteiger partial charge in [0, 0.05) is 24.9 Å². The summed E-state index contributed by atoms with van der Waals surface area (Å²) in [5, 5.41) is 11.3. The van der Waals surface area contributed by atoms with Gasteiger partial charge in [0.05, 0.1) is 23.1 Å². The van der Waals surface area contributed by atoms with Crippen molar-refractivity contribution in [2.75, 3.05) is 13.1 Å². The molecule has 1 aliphatic rings. The van der Waals surface area contributed by atoms with E-state index in [2.05, 4.69) is 24.6 Å². The largest absolute Gasteiger partial charge is 0.315 e. The number of hydrogen-bond donors (Lipinski definition) is 0. The molecule has 3 heterocycles. The summed E-state index contributed by atoms with van der Waals surface area (Å²) >= 11 is 7.46. The molecule has 0 saturated heterocycles. The van der Waals surface area contributed by atoms with Crippen LogP contribution in [0.25, 0.3) is 0 Å². The third-order valence-electron chi connectivity index (χ3n) is 3.32. The van der Waals surface area contributed by atoms with Crippen molar-refractivity contribution >= 4 is 22.9 Å². The van der Waals surface area contributed by atoms with E-state index in [1.165, 1.54) is 5.01 Å². The maximum atomic E-state index is 5.75. The van der Waals surface area contributed by atoms with E-state index in [0.29, 0.717) is 5.88 Å². The molecule has 2 aromatic heterocycles. The van der Waals surface area contributed by atoms with Gasteiger partial charge in [0.1, 0.15) is 12.2 Å². The minimum Gasteiger partial charge on any atom is -0.315 e. The summed E-state index contributed by atoms with van der Waals surface area (Å²) < 4.78 is 2.13. The summed E-state index contributed by atoms with van der Waals surface area (Å²) in [5.74, 6) is 1.59. The van der Waals surface area contributed by atoms with Crippen molar-refractivity contribution in [3.05, 3.63) is 28.2 Å². The fourth-order valence-electron chi connectivity index (χ4n) is 2.29. The second-order valence-electron chi connectivity index (χ2n) is 4.69. The number of fused-ring (bicyclic) bond motifs is 1. The highest BCUT2D eigenvalue weighted by Crippen LogP contribution is 2.15. The quantitative estimate of drug-likeness (QED) is 0.791. The van der Waals surface area contributed by atoms with E-state index < -0.39 is 0 Å². The lowest BCUT2D eigenvalue weighted by atomic mass is 10.2. The second kappa shape index (κ2) is 5.98. The molecule has 0 unspecified atom stereocenters. The standard InChI is InChI=1S/C12H16ClN5S/c13-6-10-8-19-12(15-10)2-1-3-17-4-5-18-9-14-16-11(18)7-17/h8-9H,1-7H2. The van der Waals surface area contributed by atoms with E-state index in [-0.39, 0.29) is 0 Å². The van der Waals surface area contributed by atoms with Gasteiger partial charge in [-0.2, -0.15) is 0 Å². The van der Waals surface area contributed by atoms with Crippen molar-refractivity contribution in [1.82, 2.24) is 24.6 Å². The van der Waals surface area contributed by atoms with Crippen molar-refractivity contribution in [3.63, 3.8) is 0 Å². The van der Waals surface area contributed by atoms with Crippen LogP contribution in [-0.2, 0) is 25.4 Å². The first kappa shape index (κ1) is 13.0. The van der Waals surface area contributed by atoms with Gasteiger partial charge in [-0.25, -0.2) is 4.98 Å². The maximum absolute atomic E-state index is 5.75. The molecule has 1 aliphatic heterocycles. The average molecular weight is 298 g/mol. The summed E-state index contributed by atoms with van der Waals surface area (Å²) in [6.45, 7) is 4.07. The highest BCUT2D eigenvalue weighted by atomic mass is 35.5. The number of rotatable bonds is 5. The molecule has 19 heavy (non-hydrogen) atoms. The van der Waals surface area contributed by atoms with Gasteiger partial charge in [0.15, 0.2) is 0 Å². The van der Waals surface area contributed by atoms with E-state index in [1.54, 1.807) is 11.3 Å². The first-order chi connectivity index (χ1) is 9.35. The van der Waals surface area contributed by atoms with E-state index in [4.69, 9.17) is 11.6 Å². The van der Waals surface area contributed by atoms with Gasteiger partial charge in [0.2, 0.25) is 0 Å². The normalized spacial score (nSPS) is 15.6. The lowest BCUT2D eigenvalue weighted by Crippen LogP contribution is -2.34. The Kier molecular flexibility index (Phi) is 4.10. The third kappa shape index (κ3) is 3.13. The molecule has 0 aromatic carbocycles. The number of nitrogens with zero attached hydrogens (tertiary/aromatic N) is 5. The number of aromatic nitrogens is 4. The molecule has 0 bridgehead atoms. The molecule has 3 rings (SSSR count). The topological polar surface area (TPSA) is 46.8 Å². The minimum atomic E-state index is 0.512. The van der Waals surface area contributed by atoms with Crippen LogP contribution < -0.4 is 0 Å². The summed E-state index contributed by atoms with van der Waals surface area (Å²) in [6, 6.07) is 0. The molecule has 7 heteroatoms. The molecular weight excluding hydrogens is 282 g/mol. The van der Waals surface area contributed by atoms with Crippen LogP contribution in [0.4, 0.5) is 0 Å². The summed E-state index contributed by atoms with van der Waals surface area (Å²) in [4.78, 5) is 6.91. The van der Waals surface area contributed by atoms with Gasteiger partial charge < -0.3 is 4.57 Å². The Morgan fingerprint density at radius 3 is 3.16 bits per heavy atom. The van der Waals surface area contributed by atoms with Crippen LogP contribution >= 0.6 is 22.9 Å². The highest BCUT2D eigenvalue weighted by molar-refractivity contribution is 7.09. The van der Waals surface area contributed by atoms with E-state index in [0.717, 1.165) is 50.5 Å². The number of alkyl halides is 1. The Bertz CT molecular complexity index is 538. The van der Waals surface area contributed by atoms with Crippen LogP contribution in [0.1, 0.15) is 22.9 Å². The van der Waals surface area contributed by atoms with Crippen LogP contribution in [0.2, 0.25) is 0 Å². The Morgan fingerprint density at radius 2 is 2.32 bits per heavy atom. The molecule has 0 aliphatic carbocycles. The molecule has 2 aromatic rings. The van der Waals surface area contributed by atoms with Gasteiger partial charge in [-0.1, -0.05) is 0 Å². The fraction of sp³-hybridized carbons (Fsp3) is 0.583. The molecule has 0 amide bonds. The molecule has 0 atom stereocenters. The summed E-state index contributed by atoms with van der Waals surface area (Å²) in [7, 11) is 0. The van der Waals surface area contributed by atoms with Gasteiger partial charge in [-0.05, 0) is 13.0 Å². The van der Waals surface area contributed by atoms with Crippen molar-refractivity contribution in [2.45, 2.75) is 31.8 Å². The fourth-order valence-corrected chi connectivity index (χ4v) is 3.35. The van der Waals surface area contributed by atoms with E-state index >= 15 is 0 Å². The number of halogens is 1. The Labute approximate surface area is 121 Å². The Morgan fingerprint density at radius 1 is 1.37 bits per heavy atom. The van der Waals surface area contributed by atoms with Crippen LogP contribution in [0.3, 0.4) is 0 Å². The predicted octanol–water partition coefficient (Wildman–Crippen LogP) is 1.92. The highest BCUT2D eigenvalue weighted by Gasteiger charge is 2.16. The zero-order valence-corrected chi connectivity index (χ0v) is 12.2. The maximum Gasteiger partial charge on any atom is 0.147 e. The molecule has 0 saturated carbocycles. The lowest BCUT2D eigenvalue weighted by molar-refractivity contribution is 0.215. The SMILES string of the molecule is ClCc1csc(CCCN2CCn3cnnc3C2)n1. The van der Waals surface area contributed by atoms with Crippen molar-refractivity contribution < 1.29 is 0 Å². The molecule has 0 spiro atoms. The number of aryl methyl sites for hydroxylation is 1. The van der Waals surface area contributed by atoms with Gasteiger partial charge in [-0.3, -0.25) is 4.90 Å². The smallest absolute Gasteiger partial charge is 0.147 e. The zero-order chi connectivity index (χ0) is 13.1. The van der Waals surface area contributed by atoms with Crippen molar-refractivity contribution in [1.29, 1.82) is 0 Å². The number of hydrogen-bond acceptors (Lipinski definition) is 5. The lowest BCUT2D eigenvalue weighted by Gasteiger charge is -2.26. The molecule has 0 N–H and O–H groups in total. The molecule has 0 fully saturated rings. The van der Waals surface area contributed by atoms with E-state index in [1.807, 2.05) is 11.7 Å². The molecule has 0 radical (unpaired) electrons. The molecule has 102 valence electrons. The Hall–Kier alpha value is -0.980. The van der Waals surface area contributed by atoms with Crippen molar-refractivity contribution in [2.24, 2.45) is 0 Å². The number of thiazole rings is 1. The summed E-state index contributed by atoms with van der Waals surface area (Å²) in [5.41, 5.74) is 0.993. The second-order valence-corrected chi connectivity index (χ2v) is 5.90. The monoisotopic (exact) mass is 297 g/mol. The van der Waals surface area contributed by atoms with Gasteiger partial charge in [-0.15, -0.1) is 33.1 Å². The minimum absolute atomic E-state index is 0.512. The van der Waals surface area contributed by atoms with Crippen LogP contribution in [-0.4, -0.2) is 37.7 Å². The van der Waals surface area contributed by atoms with E-state index in [9.17, 15) is 0 Å². The van der Waals surface area contributed by atoms with Gasteiger partial charge >= 0.3 is 0 Å². The average Bonchev–Trinajstić information content (AvgIpc) is 3.06.